The predicted molar refractivity (Wildman–Crippen MR) is 91.7 cm³/mol. The number of rotatable bonds is 3. The Hall–Kier alpha value is -2.09. The molecule has 4 saturated carbocycles. The van der Waals surface area contributed by atoms with Crippen LogP contribution in [-0.4, -0.2) is 12.5 Å². The van der Waals surface area contributed by atoms with Gasteiger partial charge < -0.3 is 5.32 Å². The zero-order valence-corrected chi connectivity index (χ0v) is 13.8. The smallest absolute Gasteiger partial charge is 0.209 e. The number of anilines is 1. The second-order valence-corrected chi connectivity index (χ2v) is 7.92. The van der Waals surface area contributed by atoms with Crippen molar-refractivity contribution in [3.8, 4) is 6.19 Å². The molecule has 4 nitrogen and oxygen atoms in total. The highest BCUT2D eigenvalue weighted by atomic mass is 19.1. The molecule has 4 fully saturated rings. The Morgan fingerprint density at radius 2 is 1.79 bits per heavy atom. The molecule has 0 amide bonds. The Labute approximate surface area is 142 Å². The Balaban J connectivity index is 1.50. The van der Waals surface area contributed by atoms with Gasteiger partial charge in [-0.2, -0.15) is 5.26 Å². The van der Waals surface area contributed by atoms with Gasteiger partial charge in [-0.1, -0.05) is 12.1 Å². The summed E-state index contributed by atoms with van der Waals surface area (Å²) in [5.41, 5.74) is 0.637. The molecule has 4 aliphatic carbocycles. The summed E-state index contributed by atoms with van der Waals surface area (Å²) in [5, 5.41) is 14.5. The van der Waals surface area contributed by atoms with Crippen molar-refractivity contribution in [2.24, 2.45) is 28.2 Å². The average Bonchev–Trinajstić information content (AvgIpc) is 2.54. The number of nitriles is 1. The number of benzene rings is 1. The number of hydrogen-bond donors (Lipinski definition) is 2. The fourth-order valence-electron chi connectivity index (χ4n) is 5.58. The fourth-order valence-corrected chi connectivity index (χ4v) is 5.58. The highest BCUT2D eigenvalue weighted by Crippen LogP contribution is 2.60. The second kappa shape index (κ2) is 6.08. The van der Waals surface area contributed by atoms with Gasteiger partial charge in [0.25, 0.3) is 0 Å². The molecular weight excluding hydrogens is 303 g/mol. The third kappa shape index (κ3) is 2.98. The molecule has 0 aromatic heterocycles. The van der Waals surface area contributed by atoms with Crippen molar-refractivity contribution in [2.45, 2.75) is 38.5 Å². The van der Waals surface area contributed by atoms with E-state index in [1.54, 1.807) is 18.2 Å². The molecule has 0 unspecified atom stereocenters. The molecule has 2 N–H and O–H groups in total. The Morgan fingerprint density at radius 3 is 2.38 bits per heavy atom. The number of hydrogen-bond acceptors (Lipinski definition) is 2. The lowest BCUT2D eigenvalue weighted by atomic mass is 9.49. The largest absolute Gasteiger partial charge is 0.323 e. The molecule has 0 spiro atoms. The summed E-state index contributed by atoms with van der Waals surface area (Å²) in [6.07, 6.45) is 9.91. The number of aliphatic imine (C=N–C) groups is 1. The molecule has 24 heavy (non-hydrogen) atoms. The summed E-state index contributed by atoms with van der Waals surface area (Å²) in [6.45, 7) is 0.724. The molecule has 0 saturated heterocycles. The molecule has 1 aromatic rings. The molecule has 0 aliphatic heterocycles. The zero-order valence-electron chi connectivity index (χ0n) is 13.8. The first-order valence-electron chi connectivity index (χ1n) is 8.87. The molecular formula is C19H23FN4. The third-order valence-corrected chi connectivity index (χ3v) is 6.04. The maximum Gasteiger partial charge on any atom is 0.209 e. The van der Waals surface area contributed by atoms with Gasteiger partial charge in [0.05, 0.1) is 5.69 Å². The van der Waals surface area contributed by atoms with Crippen molar-refractivity contribution in [1.82, 2.24) is 5.32 Å². The summed E-state index contributed by atoms with van der Waals surface area (Å²) in [5.74, 6) is 2.62. The molecule has 0 heterocycles. The maximum atomic E-state index is 13.8. The minimum atomic E-state index is -0.347. The molecule has 5 heteroatoms. The Kier molecular flexibility index (Phi) is 3.91. The van der Waals surface area contributed by atoms with Crippen LogP contribution in [0.5, 0.6) is 0 Å². The molecule has 4 aliphatic rings. The quantitative estimate of drug-likeness (QED) is 0.383. The van der Waals surface area contributed by atoms with Crippen LogP contribution < -0.4 is 10.6 Å². The van der Waals surface area contributed by atoms with Gasteiger partial charge in [0.2, 0.25) is 5.96 Å². The summed E-state index contributed by atoms with van der Waals surface area (Å²) in [4.78, 5) is 4.65. The Morgan fingerprint density at radius 1 is 1.17 bits per heavy atom. The van der Waals surface area contributed by atoms with Crippen molar-refractivity contribution in [1.29, 1.82) is 5.26 Å². The highest BCUT2D eigenvalue weighted by molar-refractivity contribution is 5.94. The summed E-state index contributed by atoms with van der Waals surface area (Å²) >= 11 is 0. The number of para-hydroxylation sites is 1. The SMILES string of the molecule is N#CNC(=NCC12CC3CC(CC(C3)C1)C2)Nc1ccccc1F. The fraction of sp³-hybridized carbons (Fsp3) is 0.579. The second-order valence-electron chi connectivity index (χ2n) is 7.92. The Bertz CT molecular complexity index is 656. The highest BCUT2D eigenvalue weighted by Gasteiger charge is 2.50. The topological polar surface area (TPSA) is 60.2 Å². The van der Waals surface area contributed by atoms with Crippen molar-refractivity contribution in [3.05, 3.63) is 30.1 Å². The van der Waals surface area contributed by atoms with Gasteiger partial charge in [0.1, 0.15) is 5.82 Å². The van der Waals surface area contributed by atoms with Crippen LogP contribution in [0.1, 0.15) is 38.5 Å². The lowest BCUT2D eigenvalue weighted by Gasteiger charge is -2.56. The van der Waals surface area contributed by atoms with Crippen LogP contribution in [0.3, 0.4) is 0 Å². The van der Waals surface area contributed by atoms with E-state index in [9.17, 15) is 4.39 Å². The van der Waals surface area contributed by atoms with Gasteiger partial charge in [-0.05, 0) is 73.8 Å². The van der Waals surface area contributed by atoms with Gasteiger partial charge >= 0.3 is 0 Å². The van der Waals surface area contributed by atoms with Crippen molar-refractivity contribution in [3.63, 3.8) is 0 Å². The lowest BCUT2D eigenvalue weighted by Crippen LogP contribution is -2.47. The van der Waals surface area contributed by atoms with E-state index in [1.165, 1.54) is 44.6 Å². The first kappa shape index (κ1) is 15.4. The normalized spacial score (nSPS) is 34.0. The molecule has 4 bridgehead atoms. The van der Waals surface area contributed by atoms with E-state index in [0.29, 0.717) is 17.1 Å². The molecule has 126 valence electrons. The van der Waals surface area contributed by atoms with Gasteiger partial charge in [-0.25, -0.2) is 4.39 Å². The molecule has 0 radical (unpaired) electrons. The van der Waals surface area contributed by atoms with Gasteiger partial charge in [-0.3, -0.25) is 10.3 Å². The van der Waals surface area contributed by atoms with E-state index >= 15 is 0 Å². The summed E-state index contributed by atoms with van der Waals surface area (Å²) < 4.78 is 13.8. The van der Waals surface area contributed by atoms with Crippen LogP contribution in [0.25, 0.3) is 0 Å². The van der Waals surface area contributed by atoms with Crippen molar-refractivity contribution < 1.29 is 4.39 Å². The van der Waals surface area contributed by atoms with Crippen LogP contribution in [0.15, 0.2) is 29.3 Å². The third-order valence-electron chi connectivity index (χ3n) is 6.04. The van der Waals surface area contributed by atoms with E-state index in [-0.39, 0.29) is 5.82 Å². The standard InChI is InChI=1S/C19H23FN4/c20-16-3-1-2-4-17(16)24-18(23-12-21)22-11-19-8-13-5-14(9-19)7-15(6-13)10-19/h1-4,13-15H,5-11H2,(H2,22,23,24). The number of nitrogens with zero attached hydrogens (tertiary/aromatic N) is 2. The first-order chi connectivity index (χ1) is 11.7. The maximum absolute atomic E-state index is 13.8. The van der Waals surface area contributed by atoms with E-state index in [1.807, 2.05) is 6.19 Å². The van der Waals surface area contributed by atoms with E-state index in [4.69, 9.17) is 5.26 Å². The van der Waals surface area contributed by atoms with Crippen LogP contribution >= 0.6 is 0 Å². The lowest BCUT2D eigenvalue weighted by molar-refractivity contribution is -0.0465. The van der Waals surface area contributed by atoms with Crippen LogP contribution in [0, 0.1) is 40.4 Å². The minimum Gasteiger partial charge on any atom is -0.323 e. The number of halogens is 1. The van der Waals surface area contributed by atoms with Crippen molar-refractivity contribution >= 4 is 11.6 Å². The molecule has 0 atom stereocenters. The molecule has 5 rings (SSSR count). The average molecular weight is 326 g/mol. The zero-order chi connectivity index (χ0) is 16.6. The van der Waals surface area contributed by atoms with Gasteiger partial charge in [0.15, 0.2) is 6.19 Å². The van der Waals surface area contributed by atoms with Crippen LogP contribution in [0.2, 0.25) is 0 Å². The number of guanidine groups is 1. The van der Waals surface area contributed by atoms with E-state index in [0.717, 1.165) is 24.3 Å². The van der Waals surface area contributed by atoms with Crippen LogP contribution in [-0.2, 0) is 0 Å². The summed E-state index contributed by atoms with van der Waals surface area (Å²) in [6, 6.07) is 6.44. The predicted octanol–water partition coefficient (Wildman–Crippen LogP) is 3.88. The summed E-state index contributed by atoms with van der Waals surface area (Å²) in [7, 11) is 0. The van der Waals surface area contributed by atoms with E-state index < -0.39 is 0 Å². The minimum absolute atomic E-state index is 0.300. The molecule has 1 aromatic carbocycles. The van der Waals surface area contributed by atoms with Crippen LogP contribution in [0.4, 0.5) is 10.1 Å². The first-order valence-corrected chi connectivity index (χ1v) is 8.87. The van der Waals surface area contributed by atoms with Gasteiger partial charge in [-0.15, -0.1) is 0 Å². The number of nitrogens with one attached hydrogen (secondary N) is 2. The van der Waals surface area contributed by atoms with Crippen molar-refractivity contribution in [2.75, 3.05) is 11.9 Å². The van der Waals surface area contributed by atoms with E-state index in [2.05, 4.69) is 15.6 Å². The van der Waals surface area contributed by atoms with Gasteiger partial charge in [0, 0.05) is 6.54 Å². The monoisotopic (exact) mass is 326 g/mol.